The molecule has 0 heterocycles. The van der Waals surface area contributed by atoms with Crippen LogP contribution in [0.5, 0.6) is 0 Å². The van der Waals surface area contributed by atoms with Crippen molar-refractivity contribution in [3.8, 4) is 17.9 Å². The lowest BCUT2D eigenvalue weighted by atomic mass is 10.0. The fourth-order valence-electron chi connectivity index (χ4n) is 1.07. The first-order valence-electron chi connectivity index (χ1n) is 4.17. The van der Waals surface area contributed by atoms with Crippen LogP contribution >= 0.6 is 0 Å². The first kappa shape index (κ1) is 9.36. The Hall–Kier alpha value is -1.73. The van der Waals surface area contributed by atoms with Crippen LogP contribution in [-0.2, 0) is 0 Å². The van der Waals surface area contributed by atoms with Crippen LogP contribution in [0.15, 0.2) is 18.2 Å². The highest BCUT2D eigenvalue weighted by Crippen LogP contribution is 2.10. The van der Waals surface area contributed by atoms with Crippen molar-refractivity contribution in [2.75, 3.05) is 0 Å². The molecule has 13 heavy (non-hydrogen) atoms. The molecule has 1 rings (SSSR count). The van der Waals surface area contributed by atoms with Gasteiger partial charge in [-0.1, -0.05) is 24.0 Å². The molecule has 1 nitrogen and oxygen atoms in total. The van der Waals surface area contributed by atoms with Crippen molar-refractivity contribution in [2.24, 2.45) is 0 Å². The zero-order valence-electron chi connectivity index (χ0n) is 7.89. The standard InChI is InChI=1S/C12H11N/c1-10-6-5-8-12(11(10)2)7-3-4-9-13/h5-6,8H,4H2,1-2H3. The number of nitrogens with zero attached hydrogens (tertiary/aromatic N) is 1. The molecular weight excluding hydrogens is 158 g/mol. The van der Waals surface area contributed by atoms with Crippen molar-refractivity contribution < 1.29 is 0 Å². The zero-order valence-corrected chi connectivity index (χ0v) is 7.89. The van der Waals surface area contributed by atoms with Gasteiger partial charge in [0.2, 0.25) is 0 Å². The number of benzene rings is 1. The van der Waals surface area contributed by atoms with E-state index < -0.39 is 0 Å². The average molecular weight is 169 g/mol. The lowest BCUT2D eigenvalue weighted by Crippen LogP contribution is -1.85. The maximum absolute atomic E-state index is 8.32. The molecule has 0 aliphatic heterocycles. The lowest BCUT2D eigenvalue weighted by Gasteiger charge is -2.00. The van der Waals surface area contributed by atoms with Gasteiger partial charge in [0.15, 0.2) is 0 Å². The quantitative estimate of drug-likeness (QED) is 0.547. The molecule has 0 atom stereocenters. The van der Waals surface area contributed by atoms with E-state index in [0.29, 0.717) is 6.42 Å². The van der Waals surface area contributed by atoms with Gasteiger partial charge in [-0.3, -0.25) is 0 Å². The van der Waals surface area contributed by atoms with E-state index >= 15 is 0 Å². The van der Waals surface area contributed by atoms with Crippen molar-refractivity contribution in [1.29, 1.82) is 5.26 Å². The third-order valence-electron chi connectivity index (χ3n) is 2.00. The predicted molar refractivity (Wildman–Crippen MR) is 53.0 cm³/mol. The number of nitriles is 1. The zero-order chi connectivity index (χ0) is 9.68. The Labute approximate surface area is 79.0 Å². The van der Waals surface area contributed by atoms with Crippen molar-refractivity contribution in [1.82, 2.24) is 0 Å². The maximum Gasteiger partial charge on any atom is 0.0966 e. The molecule has 0 unspecified atom stereocenters. The Bertz CT molecular complexity index is 399. The lowest BCUT2D eigenvalue weighted by molar-refractivity contribution is 1.32. The molecule has 0 aromatic heterocycles. The fourth-order valence-corrected chi connectivity index (χ4v) is 1.07. The van der Waals surface area contributed by atoms with Crippen LogP contribution in [0, 0.1) is 37.0 Å². The third-order valence-corrected chi connectivity index (χ3v) is 2.00. The van der Waals surface area contributed by atoms with Crippen molar-refractivity contribution in [3.05, 3.63) is 34.9 Å². The minimum Gasteiger partial charge on any atom is -0.197 e. The monoisotopic (exact) mass is 169 g/mol. The summed E-state index contributed by atoms with van der Waals surface area (Å²) in [5, 5.41) is 8.32. The molecule has 0 spiro atoms. The number of hydrogen-bond donors (Lipinski definition) is 0. The molecule has 1 aromatic carbocycles. The number of aryl methyl sites for hydroxylation is 1. The van der Waals surface area contributed by atoms with Gasteiger partial charge >= 0.3 is 0 Å². The largest absolute Gasteiger partial charge is 0.197 e. The van der Waals surface area contributed by atoms with E-state index in [9.17, 15) is 0 Å². The summed E-state index contributed by atoms with van der Waals surface area (Å²) in [4.78, 5) is 0. The second-order valence-corrected chi connectivity index (χ2v) is 2.88. The first-order valence-corrected chi connectivity index (χ1v) is 4.17. The van der Waals surface area contributed by atoms with Crippen LogP contribution in [0.1, 0.15) is 23.1 Å². The van der Waals surface area contributed by atoms with Gasteiger partial charge in [-0.2, -0.15) is 5.26 Å². The Morgan fingerprint density at radius 1 is 1.31 bits per heavy atom. The third kappa shape index (κ3) is 2.36. The second-order valence-electron chi connectivity index (χ2n) is 2.88. The molecular formula is C12H11N. The topological polar surface area (TPSA) is 23.8 Å². The second kappa shape index (κ2) is 4.33. The molecule has 0 amide bonds. The predicted octanol–water partition coefficient (Wildman–Crippen LogP) is 2.57. The highest BCUT2D eigenvalue weighted by Gasteiger charge is 1.95. The van der Waals surface area contributed by atoms with E-state index in [1.165, 1.54) is 11.1 Å². The molecule has 0 fully saturated rings. The maximum atomic E-state index is 8.32. The van der Waals surface area contributed by atoms with Gasteiger partial charge in [0.05, 0.1) is 12.5 Å². The SMILES string of the molecule is Cc1cccc(C#CCC#N)c1C. The molecule has 0 N–H and O–H groups in total. The molecule has 1 aromatic rings. The van der Waals surface area contributed by atoms with Crippen molar-refractivity contribution in [2.45, 2.75) is 20.3 Å². The Kier molecular flexibility index (Phi) is 3.12. The van der Waals surface area contributed by atoms with Gasteiger partial charge in [-0.25, -0.2) is 0 Å². The van der Waals surface area contributed by atoms with E-state index in [2.05, 4.69) is 24.8 Å². The minimum atomic E-state index is 0.299. The molecule has 0 saturated carbocycles. The number of hydrogen-bond acceptors (Lipinski definition) is 1. The summed E-state index contributed by atoms with van der Waals surface area (Å²) in [6, 6.07) is 8.02. The molecule has 0 aliphatic rings. The van der Waals surface area contributed by atoms with Crippen LogP contribution in [0.3, 0.4) is 0 Å². The Morgan fingerprint density at radius 3 is 2.77 bits per heavy atom. The highest BCUT2D eigenvalue weighted by atomic mass is 14.2. The van der Waals surface area contributed by atoms with Crippen molar-refractivity contribution >= 4 is 0 Å². The van der Waals surface area contributed by atoms with E-state index in [-0.39, 0.29) is 0 Å². The average Bonchev–Trinajstić information content (AvgIpc) is 2.13. The van der Waals surface area contributed by atoms with Gasteiger partial charge < -0.3 is 0 Å². The van der Waals surface area contributed by atoms with E-state index in [1.54, 1.807) is 0 Å². The molecule has 0 saturated heterocycles. The van der Waals surface area contributed by atoms with E-state index in [0.717, 1.165) is 5.56 Å². The minimum absolute atomic E-state index is 0.299. The van der Waals surface area contributed by atoms with Gasteiger partial charge in [-0.05, 0) is 31.0 Å². The van der Waals surface area contributed by atoms with Crippen LogP contribution in [0.4, 0.5) is 0 Å². The summed E-state index contributed by atoms with van der Waals surface area (Å²) in [6.07, 6.45) is 0.299. The smallest absolute Gasteiger partial charge is 0.0966 e. The van der Waals surface area contributed by atoms with Crippen molar-refractivity contribution in [3.63, 3.8) is 0 Å². The molecule has 0 aliphatic carbocycles. The Morgan fingerprint density at radius 2 is 2.08 bits per heavy atom. The molecule has 64 valence electrons. The molecule has 1 heteroatoms. The summed E-state index contributed by atoms with van der Waals surface area (Å²) in [5.41, 5.74) is 3.46. The van der Waals surface area contributed by atoms with E-state index in [1.807, 2.05) is 25.1 Å². The van der Waals surface area contributed by atoms with Gasteiger partial charge in [0.1, 0.15) is 0 Å². The van der Waals surface area contributed by atoms with Crippen LogP contribution < -0.4 is 0 Å². The van der Waals surface area contributed by atoms with E-state index in [4.69, 9.17) is 5.26 Å². The molecule has 0 radical (unpaired) electrons. The number of rotatable bonds is 0. The normalized spacial score (nSPS) is 8.38. The van der Waals surface area contributed by atoms with Crippen LogP contribution in [0.2, 0.25) is 0 Å². The van der Waals surface area contributed by atoms with Gasteiger partial charge in [0, 0.05) is 5.56 Å². The fraction of sp³-hybridized carbons (Fsp3) is 0.250. The Balaban J connectivity index is 2.99. The summed E-state index contributed by atoms with van der Waals surface area (Å²) in [5.74, 6) is 5.79. The summed E-state index contributed by atoms with van der Waals surface area (Å²) < 4.78 is 0. The van der Waals surface area contributed by atoms with Crippen LogP contribution in [-0.4, -0.2) is 0 Å². The highest BCUT2D eigenvalue weighted by molar-refractivity contribution is 5.44. The van der Waals surface area contributed by atoms with Gasteiger partial charge in [-0.15, -0.1) is 0 Å². The van der Waals surface area contributed by atoms with Gasteiger partial charge in [0.25, 0.3) is 0 Å². The van der Waals surface area contributed by atoms with Crippen LogP contribution in [0.25, 0.3) is 0 Å². The summed E-state index contributed by atoms with van der Waals surface area (Å²) in [7, 11) is 0. The summed E-state index contributed by atoms with van der Waals surface area (Å²) >= 11 is 0. The summed E-state index contributed by atoms with van der Waals surface area (Å²) in [6.45, 7) is 4.11. The molecule has 0 bridgehead atoms. The first-order chi connectivity index (χ1) is 6.25.